The van der Waals surface area contributed by atoms with Gasteiger partial charge in [-0.25, -0.2) is 4.98 Å². The second kappa shape index (κ2) is 4.62. The Balaban J connectivity index is 1.81. The molecule has 1 fully saturated rings. The van der Waals surface area contributed by atoms with E-state index in [1.54, 1.807) is 0 Å². The quantitative estimate of drug-likeness (QED) is 0.887. The van der Waals surface area contributed by atoms with Gasteiger partial charge in [0, 0.05) is 18.4 Å². The third-order valence-electron chi connectivity index (χ3n) is 5.63. The molecule has 0 aliphatic heterocycles. The molecular formula is C18H25N3. The van der Waals surface area contributed by atoms with Crippen molar-refractivity contribution >= 4 is 11.6 Å². The number of rotatable bonds is 4. The second-order valence-corrected chi connectivity index (χ2v) is 7.35. The van der Waals surface area contributed by atoms with Gasteiger partial charge in [0.05, 0.1) is 5.69 Å². The second-order valence-electron chi connectivity index (χ2n) is 7.35. The molecule has 3 nitrogen and oxygen atoms in total. The zero-order valence-corrected chi connectivity index (χ0v) is 13.6. The van der Waals surface area contributed by atoms with Crippen LogP contribution in [0.5, 0.6) is 0 Å². The highest BCUT2D eigenvalue weighted by Crippen LogP contribution is 2.68. The Bertz CT molecular complexity index is 624. The molecule has 1 aromatic carbocycles. The molecule has 1 heterocycles. The van der Waals surface area contributed by atoms with Gasteiger partial charge in [-0.2, -0.15) is 0 Å². The number of hydrogen-bond donors (Lipinski definition) is 1. The van der Waals surface area contributed by atoms with Crippen LogP contribution in [0, 0.1) is 23.7 Å². The summed E-state index contributed by atoms with van der Waals surface area (Å²) in [4.78, 5) is 4.63. The standard InChI is InChI=1S/C18H25N3/c1-13-11-21(12-15-17(2,3)18(15,4)5)16(19-13)20-14-9-7-6-8-10-14/h6-11,15H,12H2,1-5H3,(H,19,20). The number of aromatic nitrogens is 2. The van der Waals surface area contributed by atoms with E-state index in [0.717, 1.165) is 23.9 Å². The van der Waals surface area contributed by atoms with E-state index in [1.807, 2.05) is 18.2 Å². The Morgan fingerprint density at radius 2 is 1.71 bits per heavy atom. The molecule has 2 aromatic rings. The Morgan fingerprint density at radius 3 is 2.29 bits per heavy atom. The van der Waals surface area contributed by atoms with Crippen LogP contribution in [-0.4, -0.2) is 9.55 Å². The van der Waals surface area contributed by atoms with Crippen molar-refractivity contribution in [1.82, 2.24) is 9.55 Å². The van der Waals surface area contributed by atoms with Gasteiger partial charge in [-0.1, -0.05) is 45.9 Å². The number of anilines is 2. The molecule has 3 rings (SSSR count). The Kier molecular flexibility index (Phi) is 3.12. The van der Waals surface area contributed by atoms with Gasteiger partial charge in [-0.15, -0.1) is 0 Å². The monoisotopic (exact) mass is 283 g/mol. The maximum Gasteiger partial charge on any atom is 0.207 e. The molecule has 21 heavy (non-hydrogen) atoms. The minimum atomic E-state index is 0.398. The summed E-state index contributed by atoms with van der Waals surface area (Å²) in [5.74, 6) is 1.63. The number of benzene rings is 1. The third kappa shape index (κ3) is 2.35. The van der Waals surface area contributed by atoms with Crippen LogP contribution in [0.25, 0.3) is 0 Å². The first-order valence-electron chi connectivity index (χ1n) is 7.68. The molecule has 1 aliphatic carbocycles. The van der Waals surface area contributed by atoms with Crippen LogP contribution in [0.1, 0.15) is 33.4 Å². The van der Waals surface area contributed by atoms with Crippen LogP contribution in [0.4, 0.5) is 11.6 Å². The number of hydrogen-bond acceptors (Lipinski definition) is 2. The fraction of sp³-hybridized carbons (Fsp3) is 0.500. The molecule has 0 saturated heterocycles. The van der Waals surface area contributed by atoms with Crippen LogP contribution >= 0.6 is 0 Å². The molecule has 3 heteroatoms. The number of para-hydroxylation sites is 1. The van der Waals surface area contributed by atoms with Gasteiger partial charge in [0.15, 0.2) is 0 Å². The molecule has 0 spiro atoms. The van der Waals surface area contributed by atoms with E-state index in [9.17, 15) is 0 Å². The van der Waals surface area contributed by atoms with E-state index >= 15 is 0 Å². The van der Waals surface area contributed by atoms with Gasteiger partial charge in [0.25, 0.3) is 0 Å². The highest BCUT2D eigenvalue weighted by molar-refractivity contribution is 5.53. The summed E-state index contributed by atoms with van der Waals surface area (Å²) in [7, 11) is 0. The summed E-state index contributed by atoms with van der Waals surface area (Å²) in [5.41, 5.74) is 2.94. The molecule has 0 bridgehead atoms. The zero-order chi connectivity index (χ0) is 15.3. The summed E-state index contributed by atoms with van der Waals surface area (Å²) in [6.45, 7) is 12.5. The van der Waals surface area contributed by atoms with Gasteiger partial charge < -0.3 is 9.88 Å². The number of aryl methyl sites for hydroxylation is 1. The SMILES string of the molecule is Cc1cn(CC2C(C)(C)C2(C)C)c(Nc2ccccc2)n1. The molecule has 0 radical (unpaired) electrons. The van der Waals surface area contributed by atoms with Gasteiger partial charge in [-0.3, -0.25) is 0 Å². The normalized spacial score (nSPS) is 19.5. The fourth-order valence-electron chi connectivity index (χ4n) is 3.42. The smallest absolute Gasteiger partial charge is 0.207 e. The Hall–Kier alpha value is -1.77. The largest absolute Gasteiger partial charge is 0.326 e. The van der Waals surface area contributed by atoms with Crippen LogP contribution in [0.2, 0.25) is 0 Å². The minimum Gasteiger partial charge on any atom is -0.326 e. The van der Waals surface area contributed by atoms with Gasteiger partial charge in [0.1, 0.15) is 0 Å². The van der Waals surface area contributed by atoms with Crippen LogP contribution < -0.4 is 5.32 Å². The summed E-state index contributed by atoms with van der Waals surface area (Å²) < 4.78 is 2.27. The maximum absolute atomic E-state index is 4.63. The lowest BCUT2D eigenvalue weighted by Gasteiger charge is -2.10. The van der Waals surface area contributed by atoms with Crippen molar-refractivity contribution in [2.75, 3.05) is 5.32 Å². The predicted octanol–water partition coefficient (Wildman–Crippen LogP) is 4.62. The minimum absolute atomic E-state index is 0.398. The summed E-state index contributed by atoms with van der Waals surface area (Å²) in [6.07, 6.45) is 2.15. The van der Waals surface area contributed by atoms with Crippen molar-refractivity contribution in [2.24, 2.45) is 16.7 Å². The Morgan fingerprint density at radius 1 is 1.10 bits per heavy atom. The molecule has 1 aliphatic rings. The lowest BCUT2D eigenvalue weighted by atomic mass is 10.0. The highest BCUT2D eigenvalue weighted by atomic mass is 15.2. The van der Waals surface area contributed by atoms with Gasteiger partial charge in [-0.05, 0) is 35.8 Å². The molecule has 112 valence electrons. The molecule has 0 atom stereocenters. The molecule has 0 unspecified atom stereocenters. The van der Waals surface area contributed by atoms with Crippen LogP contribution in [-0.2, 0) is 6.54 Å². The molecule has 1 saturated carbocycles. The molecule has 1 aromatic heterocycles. The lowest BCUT2D eigenvalue weighted by molar-refractivity contribution is 0.457. The molecule has 0 amide bonds. The van der Waals surface area contributed by atoms with Gasteiger partial charge in [0.2, 0.25) is 5.95 Å². The van der Waals surface area contributed by atoms with E-state index in [-0.39, 0.29) is 0 Å². The van der Waals surface area contributed by atoms with Crippen molar-refractivity contribution < 1.29 is 0 Å². The summed E-state index contributed by atoms with van der Waals surface area (Å²) in [5, 5.41) is 3.43. The number of nitrogens with zero attached hydrogens (tertiary/aromatic N) is 2. The van der Waals surface area contributed by atoms with E-state index in [1.165, 1.54) is 0 Å². The third-order valence-corrected chi connectivity index (χ3v) is 5.63. The van der Waals surface area contributed by atoms with Crippen LogP contribution in [0.15, 0.2) is 36.5 Å². The lowest BCUT2D eigenvalue weighted by Crippen LogP contribution is -2.07. The Labute approximate surface area is 127 Å². The van der Waals surface area contributed by atoms with E-state index in [4.69, 9.17) is 0 Å². The first kappa shape index (κ1) is 14.2. The van der Waals surface area contributed by atoms with E-state index in [0.29, 0.717) is 16.7 Å². The van der Waals surface area contributed by atoms with Gasteiger partial charge >= 0.3 is 0 Å². The highest BCUT2D eigenvalue weighted by Gasteiger charge is 2.64. The average molecular weight is 283 g/mol. The van der Waals surface area contributed by atoms with Crippen LogP contribution in [0.3, 0.4) is 0 Å². The van der Waals surface area contributed by atoms with E-state index in [2.05, 4.69) is 67.8 Å². The molecule has 1 N–H and O–H groups in total. The number of imidazole rings is 1. The topological polar surface area (TPSA) is 29.9 Å². The zero-order valence-electron chi connectivity index (χ0n) is 13.6. The summed E-state index contributed by atoms with van der Waals surface area (Å²) >= 11 is 0. The maximum atomic E-state index is 4.63. The first-order chi connectivity index (χ1) is 9.82. The number of nitrogens with one attached hydrogen (secondary N) is 1. The van der Waals surface area contributed by atoms with E-state index < -0.39 is 0 Å². The van der Waals surface area contributed by atoms with Crippen molar-refractivity contribution in [3.8, 4) is 0 Å². The van der Waals surface area contributed by atoms with Crippen molar-refractivity contribution in [2.45, 2.75) is 41.2 Å². The summed E-state index contributed by atoms with van der Waals surface area (Å²) in [6, 6.07) is 10.2. The predicted molar refractivity (Wildman–Crippen MR) is 87.7 cm³/mol. The van der Waals surface area contributed by atoms with Crippen molar-refractivity contribution in [3.63, 3.8) is 0 Å². The van der Waals surface area contributed by atoms with Crippen molar-refractivity contribution in [3.05, 3.63) is 42.2 Å². The van der Waals surface area contributed by atoms with Crippen molar-refractivity contribution in [1.29, 1.82) is 0 Å². The first-order valence-corrected chi connectivity index (χ1v) is 7.68. The fourth-order valence-corrected chi connectivity index (χ4v) is 3.42. The molecular weight excluding hydrogens is 258 g/mol. The average Bonchev–Trinajstić information content (AvgIpc) is 2.70.